The quantitative estimate of drug-likeness (QED) is 0.303. The maximum atomic E-state index is 12.1. The molecule has 1 fully saturated rings. The minimum Gasteiger partial charge on any atom is -0.463 e. The van der Waals surface area contributed by atoms with Crippen LogP contribution in [0.4, 0.5) is 5.82 Å². The average molecular weight is 470 g/mol. The Morgan fingerprint density at radius 2 is 2.18 bits per heavy atom. The molecule has 34 heavy (non-hydrogen) atoms. The summed E-state index contributed by atoms with van der Waals surface area (Å²) in [5.41, 5.74) is 4.78. The summed E-state index contributed by atoms with van der Waals surface area (Å²) >= 11 is 0. The fourth-order valence-electron chi connectivity index (χ4n) is 4.11. The zero-order valence-corrected chi connectivity index (χ0v) is 18.6. The van der Waals surface area contributed by atoms with E-state index in [4.69, 9.17) is 19.6 Å². The van der Waals surface area contributed by atoms with Crippen molar-refractivity contribution < 1.29 is 28.9 Å². The highest BCUT2D eigenvalue weighted by Crippen LogP contribution is 2.43. The Morgan fingerprint density at radius 1 is 1.35 bits per heavy atom. The summed E-state index contributed by atoms with van der Waals surface area (Å²) in [4.78, 5) is 20.2. The number of hydrogen-bond donors (Lipinski definition) is 3. The van der Waals surface area contributed by atoms with E-state index >= 15 is 0 Å². The van der Waals surface area contributed by atoms with Gasteiger partial charge in [0.25, 0.3) is 0 Å². The molecule has 0 aliphatic carbocycles. The van der Waals surface area contributed by atoms with E-state index < -0.39 is 29.9 Å². The zero-order chi connectivity index (χ0) is 24.3. The number of ether oxygens (including phenoxy) is 2. The summed E-state index contributed by atoms with van der Waals surface area (Å²) in [5.74, 6) is -0.153. The molecule has 3 aromatic heterocycles. The molecule has 4 N–H and O–H groups in total. The molecule has 180 valence electrons. The number of nitrogens with zero attached hydrogens (tertiary/aromatic N) is 5. The van der Waals surface area contributed by atoms with Gasteiger partial charge >= 0.3 is 5.97 Å². The summed E-state index contributed by atoms with van der Waals surface area (Å²) in [6.07, 6.45) is 3.64. The molecule has 12 nitrogen and oxygen atoms in total. The lowest BCUT2D eigenvalue weighted by molar-refractivity contribution is -0.150. The van der Waals surface area contributed by atoms with Crippen molar-refractivity contribution in [2.24, 2.45) is 0 Å². The fourth-order valence-corrected chi connectivity index (χ4v) is 4.11. The number of hydrogen-bond acceptors (Lipinski definition) is 11. The molecule has 4 unspecified atom stereocenters. The van der Waals surface area contributed by atoms with Gasteiger partial charge in [-0.15, -0.1) is 0 Å². The van der Waals surface area contributed by atoms with E-state index in [1.165, 1.54) is 29.4 Å². The molecule has 4 atom stereocenters. The van der Waals surface area contributed by atoms with Crippen LogP contribution in [0.5, 0.6) is 0 Å². The predicted octanol–water partition coefficient (Wildman–Crippen LogP) is 1.32. The van der Waals surface area contributed by atoms with E-state index in [9.17, 15) is 20.3 Å². The van der Waals surface area contributed by atoms with Crippen LogP contribution in [0.1, 0.15) is 44.7 Å². The number of oxazole rings is 1. The van der Waals surface area contributed by atoms with Crippen LogP contribution in [-0.2, 0) is 19.9 Å². The minimum atomic E-state index is -2.04. The summed E-state index contributed by atoms with van der Waals surface area (Å²) < 4.78 is 17.8. The number of nitrogens with two attached hydrogens (primary N) is 1. The van der Waals surface area contributed by atoms with Crippen molar-refractivity contribution in [3.63, 3.8) is 0 Å². The van der Waals surface area contributed by atoms with E-state index in [0.717, 1.165) is 19.3 Å². The lowest BCUT2D eigenvalue weighted by atomic mass is 9.92. The second-order valence-electron chi connectivity index (χ2n) is 8.12. The summed E-state index contributed by atoms with van der Waals surface area (Å²) in [5, 5.41) is 35.8. The van der Waals surface area contributed by atoms with Crippen LogP contribution < -0.4 is 5.73 Å². The van der Waals surface area contributed by atoms with Gasteiger partial charge in [0.05, 0.1) is 17.5 Å². The van der Waals surface area contributed by atoms with Crippen molar-refractivity contribution in [2.45, 2.75) is 62.9 Å². The SMILES string of the molecule is CCCCCCC(=O)OCC1OC(C#N)(c2cc(-c3ncco3)c3c(N)ncnn23)C(O)C1O. The zero-order valence-electron chi connectivity index (χ0n) is 18.6. The molecule has 4 rings (SSSR count). The van der Waals surface area contributed by atoms with Crippen LogP contribution in [0.2, 0.25) is 0 Å². The summed E-state index contributed by atoms with van der Waals surface area (Å²) in [7, 11) is 0. The Morgan fingerprint density at radius 3 is 2.88 bits per heavy atom. The molecule has 4 heterocycles. The van der Waals surface area contributed by atoms with Gasteiger partial charge in [-0.05, 0) is 12.5 Å². The average Bonchev–Trinajstić information content (AvgIpc) is 3.55. The van der Waals surface area contributed by atoms with Crippen molar-refractivity contribution in [3.05, 3.63) is 30.5 Å². The Labute approximate surface area is 194 Å². The van der Waals surface area contributed by atoms with Gasteiger partial charge in [0, 0.05) is 6.42 Å². The van der Waals surface area contributed by atoms with Gasteiger partial charge < -0.3 is 29.8 Å². The van der Waals surface area contributed by atoms with Crippen LogP contribution in [0, 0.1) is 11.3 Å². The standard InChI is InChI=1S/C22H26N6O6/c1-2-3-4-5-6-16(29)33-10-14-18(30)19(31)22(11-23,34-14)15-9-13(21-25-7-8-32-21)17-20(24)26-12-27-28(15)17/h7-9,12,14,18-19,30-31H,2-6,10H2,1H3,(H2,24,26,27). The third-order valence-electron chi connectivity index (χ3n) is 5.89. The van der Waals surface area contributed by atoms with E-state index in [-0.39, 0.29) is 30.4 Å². The molecule has 1 saturated heterocycles. The molecular formula is C22H26N6O6. The first-order valence-corrected chi connectivity index (χ1v) is 11.1. The predicted molar refractivity (Wildman–Crippen MR) is 117 cm³/mol. The highest BCUT2D eigenvalue weighted by molar-refractivity contribution is 5.85. The number of aliphatic hydroxyl groups is 2. The highest BCUT2D eigenvalue weighted by Gasteiger charge is 2.58. The first kappa shape index (κ1) is 23.6. The third-order valence-corrected chi connectivity index (χ3v) is 5.89. The van der Waals surface area contributed by atoms with Gasteiger partial charge in [-0.25, -0.2) is 14.5 Å². The van der Waals surface area contributed by atoms with Crippen LogP contribution in [-0.4, -0.2) is 60.7 Å². The van der Waals surface area contributed by atoms with Gasteiger partial charge in [-0.2, -0.15) is 10.4 Å². The van der Waals surface area contributed by atoms with Crippen molar-refractivity contribution >= 4 is 17.3 Å². The van der Waals surface area contributed by atoms with Gasteiger partial charge in [0.1, 0.15) is 49.1 Å². The van der Waals surface area contributed by atoms with Crippen molar-refractivity contribution in [3.8, 4) is 17.5 Å². The normalized spacial score (nSPS) is 24.4. The maximum Gasteiger partial charge on any atom is 0.305 e. The molecule has 0 aromatic carbocycles. The summed E-state index contributed by atoms with van der Waals surface area (Å²) in [6, 6.07) is 3.46. The Bertz CT molecular complexity index is 1190. The number of carbonyl (C=O) groups is 1. The molecule has 1 aliphatic heterocycles. The lowest BCUT2D eigenvalue weighted by Gasteiger charge is -2.24. The molecular weight excluding hydrogens is 444 g/mol. The van der Waals surface area contributed by atoms with Crippen LogP contribution in [0.25, 0.3) is 17.0 Å². The number of rotatable bonds is 9. The number of carbonyl (C=O) groups excluding carboxylic acids is 1. The van der Waals surface area contributed by atoms with E-state index in [0.29, 0.717) is 17.5 Å². The first-order chi connectivity index (χ1) is 16.4. The molecule has 0 radical (unpaired) electrons. The molecule has 0 amide bonds. The topological polar surface area (TPSA) is 182 Å². The second-order valence-corrected chi connectivity index (χ2v) is 8.12. The largest absolute Gasteiger partial charge is 0.463 e. The first-order valence-electron chi connectivity index (χ1n) is 11.1. The molecule has 0 saturated carbocycles. The van der Waals surface area contributed by atoms with Gasteiger partial charge in [-0.3, -0.25) is 4.79 Å². The lowest BCUT2D eigenvalue weighted by Crippen LogP contribution is -2.41. The van der Waals surface area contributed by atoms with E-state index in [1.54, 1.807) is 0 Å². The number of aliphatic hydroxyl groups excluding tert-OH is 2. The number of fused-ring (bicyclic) bond motifs is 1. The van der Waals surface area contributed by atoms with Crippen molar-refractivity contribution in [2.75, 3.05) is 12.3 Å². The highest BCUT2D eigenvalue weighted by atomic mass is 16.6. The Hall–Kier alpha value is -3.53. The van der Waals surface area contributed by atoms with Crippen LogP contribution in [0.15, 0.2) is 29.3 Å². The van der Waals surface area contributed by atoms with Gasteiger partial charge in [0.15, 0.2) is 5.82 Å². The minimum absolute atomic E-state index is 0.0872. The molecule has 1 aliphatic rings. The number of anilines is 1. The molecule has 12 heteroatoms. The van der Waals surface area contributed by atoms with E-state index in [1.807, 2.05) is 6.07 Å². The summed E-state index contributed by atoms with van der Waals surface area (Å²) in [6.45, 7) is 1.76. The number of aromatic nitrogens is 4. The number of esters is 1. The smallest absolute Gasteiger partial charge is 0.305 e. The second kappa shape index (κ2) is 9.76. The fraction of sp³-hybridized carbons (Fsp3) is 0.500. The molecule has 0 spiro atoms. The van der Waals surface area contributed by atoms with Crippen molar-refractivity contribution in [1.29, 1.82) is 5.26 Å². The third kappa shape index (κ3) is 4.09. The van der Waals surface area contributed by atoms with Crippen LogP contribution in [0.3, 0.4) is 0 Å². The number of nitriles is 1. The molecule has 3 aromatic rings. The molecule has 0 bridgehead atoms. The monoisotopic (exact) mass is 470 g/mol. The Kier molecular flexibility index (Phi) is 6.78. The maximum absolute atomic E-state index is 12.1. The van der Waals surface area contributed by atoms with E-state index in [2.05, 4.69) is 22.0 Å². The van der Waals surface area contributed by atoms with Gasteiger partial charge in [-0.1, -0.05) is 26.2 Å². The van der Waals surface area contributed by atoms with Crippen molar-refractivity contribution in [1.82, 2.24) is 19.6 Å². The number of nitrogen functional groups attached to an aromatic ring is 1. The van der Waals surface area contributed by atoms with Crippen LogP contribution >= 0.6 is 0 Å². The number of unbranched alkanes of at least 4 members (excludes halogenated alkanes) is 3. The Balaban J connectivity index is 1.62. The van der Waals surface area contributed by atoms with Gasteiger partial charge in [0.2, 0.25) is 11.5 Å².